The lowest BCUT2D eigenvalue weighted by Crippen LogP contribution is -2.46. The Kier molecular flexibility index (Phi) is 5.89. The van der Waals surface area contributed by atoms with Crippen LogP contribution in [0.15, 0.2) is 84.9 Å². The van der Waals surface area contributed by atoms with Gasteiger partial charge in [0.2, 0.25) is 5.91 Å². The van der Waals surface area contributed by atoms with Crippen molar-refractivity contribution in [2.24, 2.45) is 0 Å². The van der Waals surface area contributed by atoms with Gasteiger partial charge in [-0.3, -0.25) is 14.5 Å². The number of ether oxygens (including phenoxy) is 1. The lowest BCUT2D eigenvalue weighted by Gasteiger charge is -2.27. The summed E-state index contributed by atoms with van der Waals surface area (Å²) in [5, 5.41) is 5.57. The van der Waals surface area contributed by atoms with Gasteiger partial charge < -0.3 is 15.4 Å². The van der Waals surface area contributed by atoms with E-state index in [0.717, 1.165) is 10.5 Å². The molecular weight excluding hydrogens is 406 g/mol. The summed E-state index contributed by atoms with van der Waals surface area (Å²) in [6.07, 6.45) is 0.271. The molecule has 0 spiro atoms. The van der Waals surface area contributed by atoms with Gasteiger partial charge in [-0.1, -0.05) is 72.8 Å². The fraction of sp³-hybridized carbons (Fsp3) is 0.160. The summed E-state index contributed by atoms with van der Waals surface area (Å²) in [7, 11) is 1.50. The largest absolute Gasteiger partial charge is 0.495 e. The van der Waals surface area contributed by atoms with Crippen molar-refractivity contribution in [3.05, 3.63) is 96.1 Å². The average molecular weight is 429 g/mol. The number of urea groups is 1. The molecule has 162 valence electrons. The molecule has 32 heavy (non-hydrogen) atoms. The van der Waals surface area contributed by atoms with Crippen LogP contribution in [-0.4, -0.2) is 36.4 Å². The molecule has 1 aliphatic rings. The van der Waals surface area contributed by atoms with E-state index in [2.05, 4.69) is 10.6 Å². The number of anilines is 1. The first kappa shape index (κ1) is 21.1. The van der Waals surface area contributed by atoms with Crippen LogP contribution in [0.1, 0.15) is 11.1 Å². The van der Waals surface area contributed by atoms with E-state index in [0.29, 0.717) is 17.0 Å². The van der Waals surface area contributed by atoms with Crippen molar-refractivity contribution < 1.29 is 19.1 Å². The van der Waals surface area contributed by atoms with Gasteiger partial charge in [0.15, 0.2) is 5.54 Å². The third-order valence-corrected chi connectivity index (χ3v) is 5.44. The van der Waals surface area contributed by atoms with Crippen LogP contribution in [0, 0.1) is 0 Å². The van der Waals surface area contributed by atoms with Gasteiger partial charge in [0.25, 0.3) is 5.91 Å². The minimum atomic E-state index is -1.29. The number of nitrogens with one attached hydrogen (secondary N) is 2. The zero-order chi connectivity index (χ0) is 22.6. The van der Waals surface area contributed by atoms with Crippen molar-refractivity contribution in [2.75, 3.05) is 19.0 Å². The zero-order valence-electron chi connectivity index (χ0n) is 17.6. The van der Waals surface area contributed by atoms with Crippen LogP contribution >= 0.6 is 0 Å². The molecule has 7 heteroatoms. The Balaban J connectivity index is 1.60. The number of rotatable bonds is 7. The first-order valence-electron chi connectivity index (χ1n) is 10.2. The number of carbonyl (C=O) groups is 3. The summed E-state index contributed by atoms with van der Waals surface area (Å²) in [5.41, 5.74) is 0.732. The van der Waals surface area contributed by atoms with Gasteiger partial charge in [-0.2, -0.15) is 0 Å². The van der Waals surface area contributed by atoms with E-state index in [1.54, 1.807) is 36.4 Å². The normalized spacial score (nSPS) is 17.7. The Labute approximate surface area is 186 Å². The van der Waals surface area contributed by atoms with Gasteiger partial charge in [0, 0.05) is 6.42 Å². The van der Waals surface area contributed by atoms with Crippen LogP contribution in [0.2, 0.25) is 0 Å². The molecular formula is C25H23N3O4. The van der Waals surface area contributed by atoms with E-state index in [9.17, 15) is 14.4 Å². The van der Waals surface area contributed by atoms with Gasteiger partial charge >= 0.3 is 6.03 Å². The standard InChI is InChI=1S/C25H23N3O4/c1-32-21-15-9-8-14-20(21)26-22(29)17-28-23(30)25(27-24(28)31,19-12-6-3-7-13-19)16-18-10-4-2-5-11-18/h2-15H,16-17H2,1H3,(H,26,29)(H,27,31). The number of para-hydroxylation sites is 2. The Hall–Kier alpha value is -4.13. The lowest BCUT2D eigenvalue weighted by atomic mass is 9.83. The first-order valence-corrected chi connectivity index (χ1v) is 10.2. The van der Waals surface area contributed by atoms with Gasteiger partial charge in [-0.25, -0.2) is 4.79 Å². The first-order chi connectivity index (χ1) is 15.5. The molecule has 1 saturated heterocycles. The molecule has 3 aromatic rings. The fourth-order valence-corrected chi connectivity index (χ4v) is 3.89. The Bertz CT molecular complexity index is 1130. The van der Waals surface area contributed by atoms with E-state index in [1.807, 2.05) is 48.5 Å². The quantitative estimate of drug-likeness (QED) is 0.564. The number of imide groups is 1. The van der Waals surface area contributed by atoms with Gasteiger partial charge in [-0.05, 0) is 23.3 Å². The molecule has 7 nitrogen and oxygen atoms in total. The minimum Gasteiger partial charge on any atom is -0.495 e. The summed E-state index contributed by atoms with van der Waals surface area (Å²) >= 11 is 0. The number of benzene rings is 3. The number of hydrogen-bond acceptors (Lipinski definition) is 4. The van der Waals surface area contributed by atoms with Crippen LogP contribution in [0.3, 0.4) is 0 Å². The molecule has 0 aliphatic carbocycles. The van der Waals surface area contributed by atoms with Crippen LogP contribution < -0.4 is 15.4 Å². The Morgan fingerprint density at radius 2 is 1.56 bits per heavy atom. The van der Waals surface area contributed by atoms with Crippen molar-refractivity contribution >= 4 is 23.5 Å². The van der Waals surface area contributed by atoms with E-state index in [-0.39, 0.29) is 6.42 Å². The molecule has 3 aromatic carbocycles. The number of amides is 4. The second kappa shape index (κ2) is 8.93. The van der Waals surface area contributed by atoms with Gasteiger partial charge in [0.1, 0.15) is 12.3 Å². The molecule has 0 aromatic heterocycles. The van der Waals surface area contributed by atoms with Crippen LogP contribution in [0.4, 0.5) is 10.5 Å². The highest BCUT2D eigenvalue weighted by atomic mass is 16.5. The number of hydrogen-bond donors (Lipinski definition) is 2. The highest BCUT2D eigenvalue weighted by Crippen LogP contribution is 2.33. The van der Waals surface area contributed by atoms with E-state index in [1.165, 1.54) is 7.11 Å². The maximum Gasteiger partial charge on any atom is 0.325 e. The molecule has 4 amide bonds. The lowest BCUT2D eigenvalue weighted by molar-refractivity contribution is -0.134. The molecule has 1 fully saturated rings. The minimum absolute atomic E-state index is 0.271. The van der Waals surface area contributed by atoms with E-state index < -0.39 is 29.9 Å². The SMILES string of the molecule is COc1ccccc1NC(=O)CN1C(=O)NC(Cc2ccccc2)(c2ccccc2)C1=O. The molecule has 0 saturated carbocycles. The highest BCUT2D eigenvalue weighted by Gasteiger charge is 2.52. The third kappa shape index (κ3) is 4.05. The number of nitrogens with zero attached hydrogens (tertiary/aromatic N) is 1. The summed E-state index contributed by atoms with van der Waals surface area (Å²) in [6.45, 7) is -0.411. The van der Waals surface area contributed by atoms with Crippen molar-refractivity contribution in [2.45, 2.75) is 12.0 Å². The number of carbonyl (C=O) groups excluding carboxylic acids is 3. The van der Waals surface area contributed by atoms with Crippen molar-refractivity contribution in [1.82, 2.24) is 10.2 Å². The maximum absolute atomic E-state index is 13.6. The molecule has 2 N–H and O–H groups in total. The summed E-state index contributed by atoms with van der Waals surface area (Å²) < 4.78 is 5.24. The monoisotopic (exact) mass is 429 g/mol. The smallest absolute Gasteiger partial charge is 0.325 e. The summed E-state index contributed by atoms with van der Waals surface area (Å²) in [4.78, 5) is 40.1. The van der Waals surface area contributed by atoms with E-state index in [4.69, 9.17) is 4.74 Å². The molecule has 0 radical (unpaired) electrons. The van der Waals surface area contributed by atoms with Crippen molar-refractivity contribution in [3.63, 3.8) is 0 Å². The maximum atomic E-state index is 13.6. The summed E-state index contributed by atoms with van der Waals surface area (Å²) in [5.74, 6) is -0.477. The fourth-order valence-electron chi connectivity index (χ4n) is 3.89. The van der Waals surface area contributed by atoms with Crippen LogP contribution in [0.25, 0.3) is 0 Å². The molecule has 1 unspecified atom stereocenters. The predicted octanol–water partition coefficient (Wildman–Crippen LogP) is 3.32. The molecule has 1 aliphatic heterocycles. The van der Waals surface area contributed by atoms with Crippen molar-refractivity contribution in [1.29, 1.82) is 0 Å². The van der Waals surface area contributed by atoms with Crippen LogP contribution in [0.5, 0.6) is 5.75 Å². The highest BCUT2D eigenvalue weighted by molar-refractivity contribution is 6.10. The topological polar surface area (TPSA) is 87.7 Å². The summed E-state index contributed by atoms with van der Waals surface area (Å²) in [6, 6.07) is 24.9. The molecule has 1 heterocycles. The predicted molar refractivity (Wildman–Crippen MR) is 120 cm³/mol. The average Bonchev–Trinajstić information content (AvgIpc) is 3.05. The van der Waals surface area contributed by atoms with Gasteiger partial charge in [0.05, 0.1) is 12.8 Å². The van der Waals surface area contributed by atoms with Crippen molar-refractivity contribution in [3.8, 4) is 5.75 Å². The molecule has 0 bridgehead atoms. The molecule has 4 rings (SSSR count). The Morgan fingerprint density at radius 3 is 2.25 bits per heavy atom. The molecule has 1 atom stereocenters. The number of methoxy groups -OCH3 is 1. The zero-order valence-corrected chi connectivity index (χ0v) is 17.6. The second-order valence-corrected chi connectivity index (χ2v) is 7.50. The van der Waals surface area contributed by atoms with Gasteiger partial charge in [-0.15, -0.1) is 0 Å². The third-order valence-electron chi connectivity index (χ3n) is 5.44. The second-order valence-electron chi connectivity index (χ2n) is 7.50. The van der Waals surface area contributed by atoms with E-state index >= 15 is 0 Å². The Morgan fingerprint density at radius 1 is 0.938 bits per heavy atom. The van der Waals surface area contributed by atoms with Crippen LogP contribution in [-0.2, 0) is 21.5 Å².